The second-order valence-electron chi connectivity index (χ2n) is 6.53. The Kier molecular flexibility index (Phi) is 10.6. The molecule has 0 bridgehead atoms. The first-order chi connectivity index (χ1) is 8.81. The molecule has 0 aromatic heterocycles. The van der Waals surface area contributed by atoms with Crippen molar-refractivity contribution in [3.8, 4) is 5.75 Å². The van der Waals surface area contributed by atoms with Gasteiger partial charge in [-0.25, -0.2) is 11.3 Å². The van der Waals surface area contributed by atoms with Crippen molar-refractivity contribution in [3.05, 3.63) is 47.7 Å². The molecule has 122 valence electrons. The predicted octanol–water partition coefficient (Wildman–Crippen LogP) is 4.89. The van der Waals surface area contributed by atoms with E-state index >= 15 is 0 Å². The molecule has 2 rings (SSSR count). The number of hydrogen-bond donors (Lipinski definition) is 0. The maximum Gasteiger partial charge on any atom is 0.242 e. The fraction of sp³-hybridized carbons (Fsp3) is 0.375. The zero-order chi connectivity index (χ0) is 14.1. The van der Waals surface area contributed by atoms with Crippen LogP contribution < -0.4 is 9.61 Å². The summed E-state index contributed by atoms with van der Waals surface area (Å²) >= 11 is 0. The minimum atomic E-state index is -1.67. The molecule has 1 aromatic carbocycles. The first kappa shape index (κ1) is 24.5. The van der Waals surface area contributed by atoms with E-state index in [1.165, 1.54) is 10.4 Å². The molecule has 1 aliphatic rings. The van der Waals surface area contributed by atoms with E-state index in [4.69, 9.17) is 4.43 Å². The monoisotopic (exact) mass is 407 g/mol. The largest absolute Gasteiger partial charge is 0.544 e. The van der Waals surface area contributed by atoms with E-state index in [1.807, 2.05) is 0 Å². The molecule has 0 N–H and O–H groups in total. The van der Waals surface area contributed by atoms with Crippen LogP contribution in [-0.2, 0) is 21.7 Å². The van der Waals surface area contributed by atoms with Gasteiger partial charge < -0.3 is 4.43 Å². The topological polar surface area (TPSA) is 9.23 Å². The van der Waals surface area contributed by atoms with Crippen molar-refractivity contribution < 1.29 is 26.1 Å². The second kappa shape index (κ2) is 9.51. The number of halogens is 2. The van der Waals surface area contributed by atoms with Crippen molar-refractivity contribution in [3.63, 3.8) is 0 Å². The Bertz CT molecular complexity index is 537. The van der Waals surface area contributed by atoms with Gasteiger partial charge in [0.15, 0.2) is 0 Å². The molecule has 0 heterocycles. The van der Waals surface area contributed by atoms with Crippen LogP contribution in [0.3, 0.4) is 0 Å². The van der Waals surface area contributed by atoms with Gasteiger partial charge in [0.25, 0.3) is 0 Å². The summed E-state index contributed by atoms with van der Waals surface area (Å²) in [7, 11) is -3.25. The van der Waals surface area contributed by atoms with Gasteiger partial charge in [-0.05, 0) is 30.9 Å². The number of benzene rings is 1. The predicted molar refractivity (Wildman–Crippen MR) is 103 cm³/mol. The maximum atomic E-state index is 6.29. The molecule has 0 saturated carbocycles. The molecule has 0 amide bonds. The molecule has 0 aliphatic heterocycles. The van der Waals surface area contributed by atoms with Gasteiger partial charge >= 0.3 is 0 Å². The van der Waals surface area contributed by atoms with E-state index < -0.39 is 16.4 Å². The van der Waals surface area contributed by atoms with Crippen molar-refractivity contribution in [1.29, 1.82) is 0 Å². The van der Waals surface area contributed by atoms with Gasteiger partial charge in [-0.2, -0.15) is 6.08 Å². The molecule has 1 aromatic rings. The minimum Gasteiger partial charge on any atom is -0.544 e. The van der Waals surface area contributed by atoms with E-state index in [0.717, 1.165) is 12.2 Å². The van der Waals surface area contributed by atoms with Gasteiger partial charge in [0, 0.05) is 21.7 Å². The third-order valence-corrected chi connectivity index (χ3v) is 7.63. The molecule has 0 saturated heterocycles. The summed E-state index contributed by atoms with van der Waals surface area (Å²) in [6.45, 7) is 11.5. The number of hydrogen-bond acceptors (Lipinski definition) is 1. The van der Waals surface area contributed by atoms with Gasteiger partial charge in [-0.15, -0.1) is 31.2 Å². The Morgan fingerprint density at radius 2 is 1.59 bits per heavy atom. The Hall–Kier alpha value is 0.228. The van der Waals surface area contributed by atoms with Crippen molar-refractivity contribution in [2.45, 2.75) is 39.2 Å². The van der Waals surface area contributed by atoms with Crippen molar-refractivity contribution in [2.75, 3.05) is 0 Å². The average molecular weight is 408 g/mol. The van der Waals surface area contributed by atoms with Gasteiger partial charge in [0.05, 0.1) is 8.07 Å². The first-order valence-corrected chi connectivity index (χ1v) is 13.3. The molecule has 6 heteroatoms. The third-order valence-electron chi connectivity index (χ3n) is 3.34. The normalized spacial score (nSPS) is 13.4. The van der Waals surface area contributed by atoms with E-state index in [-0.39, 0.29) is 46.5 Å². The number of para-hydroxylation sites is 1. The van der Waals surface area contributed by atoms with Gasteiger partial charge in [-0.3, -0.25) is 6.08 Å². The van der Waals surface area contributed by atoms with Crippen LogP contribution in [0.4, 0.5) is 0 Å². The van der Waals surface area contributed by atoms with E-state index in [2.05, 4.69) is 75.2 Å². The summed E-state index contributed by atoms with van der Waals surface area (Å²) in [5.74, 6) is 1.09. The van der Waals surface area contributed by atoms with Gasteiger partial charge in [0.1, 0.15) is 5.75 Å². The Morgan fingerprint density at radius 1 is 1.00 bits per heavy atom. The first-order valence-electron chi connectivity index (χ1n) is 6.87. The van der Waals surface area contributed by atoms with Crippen LogP contribution >= 0.6 is 24.8 Å². The molecule has 1 nitrogen and oxygen atoms in total. The fourth-order valence-corrected chi connectivity index (χ4v) is 5.95. The van der Waals surface area contributed by atoms with Crippen molar-refractivity contribution >= 4 is 46.4 Å². The molecule has 0 atom stereocenters. The van der Waals surface area contributed by atoms with Crippen LogP contribution in [0.5, 0.6) is 5.75 Å². The Morgan fingerprint density at radius 3 is 2.09 bits per heavy atom. The number of allylic oxidation sites excluding steroid dienone is 4. The summed E-state index contributed by atoms with van der Waals surface area (Å²) in [4.78, 5) is 0. The number of rotatable bonds is 4. The van der Waals surface area contributed by atoms with Gasteiger partial charge in [-0.1, -0.05) is 31.3 Å². The van der Waals surface area contributed by atoms with E-state index in [1.54, 1.807) is 0 Å². The van der Waals surface area contributed by atoms with Crippen molar-refractivity contribution in [1.82, 2.24) is 0 Å². The van der Waals surface area contributed by atoms with Crippen LogP contribution in [0.25, 0.3) is 0 Å². The van der Waals surface area contributed by atoms with Crippen LogP contribution in [0.1, 0.15) is 6.42 Å². The minimum absolute atomic E-state index is 0. The fourth-order valence-electron chi connectivity index (χ4n) is 2.38. The standard InChI is InChI=1S/C16H23OSi2.2ClH.Ti/c1-18(2,3)17-15-12-8-9-13-16(15)19(4,5)14-10-6-7-11-14;;;/h6,8-10,12-13H,7H2,1-5H3;2*1H;/q-1;;;. The van der Waals surface area contributed by atoms with Crippen LogP contribution in [0, 0.1) is 6.08 Å². The van der Waals surface area contributed by atoms with Crippen LogP contribution in [0.15, 0.2) is 41.6 Å². The molecular formula is C16H25Cl2OSi2Ti-. The molecule has 0 fully saturated rings. The average Bonchev–Trinajstić information content (AvgIpc) is 2.81. The van der Waals surface area contributed by atoms with Gasteiger partial charge in [0.2, 0.25) is 8.32 Å². The molecule has 0 spiro atoms. The van der Waals surface area contributed by atoms with E-state index in [0.29, 0.717) is 0 Å². The Balaban J connectivity index is 0. The summed E-state index contributed by atoms with van der Waals surface area (Å²) in [6.07, 6.45) is 8.92. The van der Waals surface area contributed by atoms with Crippen LogP contribution in [-0.4, -0.2) is 16.4 Å². The molecule has 22 heavy (non-hydrogen) atoms. The smallest absolute Gasteiger partial charge is 0.242 e. The maximum absolute atomic E-state index is 6.29. The quantitative estimate of drug-likeness (QED) is 0.510. The summed E-state index contributed by atoms with van der Waals surface area (Å²) < 4.78 is 6.29. The summed E-state index contributed by atoms with van der Waals surface area (Å²) in [5.41, 5.74) is 0. The molecule has 0 radical (unpaired) electrons. The van der Waals surface area contributed by atoms with Crippen molar-refractivity contribution in [2.24, 2.45) is 0 Å². The van der Waals surface area contributed by atoms with Crippen LogP contribution in [0.2, 0.25) is 32.7 Å². The van der Waals surface area contributed by atoms with E-state index in [9.17, 15) is 0 Å². The summed E-state index contributed by atoms with van der Waals surface area (Å²) in [5, 5.41) is 2.80. The SMILES string of the molecule is C[Si](C)(C)Oc1ccccc1[Si](C)(C)C1=[C-]CC=C1.Cl.Cl.[Ti]. The molecular weight excluding hydrogens is 383 g/mol. The molecule has 0 unspecified atom stereocenters. The zero-order valence-electron chi connectivity index (χ0n) is 13.9. The third kappa shape index (κ3) is 6.03. The molecule has 1 aliphatic carbocycles. The zero-order valence-corrected chi connectivity index (χ0v) is 19.1. The Labute approximate surface area is 164 Å². The second-order valence-corrected chi connectivity index (χ2v) is 15.3. The summed E-state index contributed by atoms with van der Waals surface area (Å²) in [6, 6.07) is 8.57.